The Labute approximate surface area is 270 Å². The molecule has 0 aliphatic rings. The van der Waals surface area contributed by atoms with Crippen LogP contribution in [0.1, 0.15) is 219 Å². The highest BCUT2D eigenvalue weighted by atomic mass is 31.3. The molecule has 0 unspecified atom stereocenters. The summed E-state index contributed by atoms with van der Waals surface area (Å²) in [6.45, 7) is 4.54. The molecule has 0 amide bonds. The highest BCUT2D eigenvalue weighted by molar-refractivity contribution is 7.72. The lowest BCUT2D eigenvalue weighted by molar-refractivity contribution is 0.278. The van der Waals surface area contributed by atoms with Crippen molar-refractivity contribution in [3.05, 3.63) is 0 Å². The maximum atomic E-state index is 10.3. The SMILES string of the molecule is CCCCCCCCCCCCCCCCCC[P+](O)(O)O[P+](O)(O)CCCCCCCCCCCCCCCCCC. The Morgan fingerprint density at radius 1 is 0.279 bits per heavy atom. The maximum Gasteiger partial charge on any atom is 0.461 e. The van der Waals surface area contributed by atoms with Gasteiger partial charge in [0.1, 0.15) is 12.3 Å². The average molecular weight is 653 g/mol. The topological polar surface area (TPSA) is 90.2 Å². The van der Waals surface area contributed by atoms with Crippen LogP contribution in [-0.2, 0) is 4.31 Å². The van der Waals surface area contributed by atoms with Gasteiger partial charge in [-0.25, -0.2) is 0 Å². The van der Waals surface area contributed by atoms with E-state index in [9.17, 15) is 19.6 Å². The van der Waals surface area contributed by atoms with Gasteiger partial charge in [-0.15, -0.1) is 0 Å². The molecule has 4 N–H and O–H groups in total. The van der Waals surface area contributed by atoms with E-state index in [0.717, 1.165) is 25.7 Å². The lowest BCUT2D eigenvalue weighted by Crippen LogP contribution is -2.07. The van der Waals surface area contributed by atoms with Gasteiger partial charge in [-0.05, 0) is 25.7 Å². The first-order chi connectivity index (χ1) is 20.8. The fraction of sp³-hybridized carbons (Fsp3) is 1.00. The minimum absolute atomic E-state index is 0.132. The monoisotopic (exact) mass is 653 g/mol. The van der Waals surface area contributed by atoms with E-state index < -0.39 is 15.9 Å². The number of rotatable bonds is 36. The van der Waals surface area contributed by atoms with Gasteiger partial charge < -0.3 is 0 Å². The van der Waals surface area contributed by atoms with Crippen molar-refractivity contribution in [1.29, 1.82) is 0 Å². The van der Waals surface area contributed by atoms with E-state index in [1.807, 2.05) is 0 Å². The van der Waals surface area contributed by atoms with E-state index in [4.69, 9.17) is 4.31 Å². The van der Waals surface area contributed by atoms with E-state index in [1.54, 1.807) is 0 Å². The van der Waals surface area contributed by atoms with Crippen LogP contribution in [0.2, 0.25) is 0 Å². The van der Waals surface area contributed by atoms with Gasteiger partial charge in [0.05, 0.1) is 0 Å². The van der Waals surface area contributed by atoms with Crippen molar-refractivity contribution in [2.75, 3.05) is 12.3 Å². The second kappa shape index (κ2) is 32.6. The third-order valence-corrected chi connectivity index (χ3v) is 12.8. The first kappa shape index (κ1) is 43.7. The Balaban J connectivity index is 3.51. The van der Waals surface area contributed by atoms with E-state index in [1.165, 1.54) is 167 Å². The van der Waals surface area contributed by atoms with Crippen LogP contribution in [0.25, 0.3) is 0 Å². The maximum absolute atomic E-state index is 10.3. The smallest absolute Gasteiger partial charge is 0.189 e. The fourth-order valence-electron chi connectivity index (χ4n) is 6.02. The molecule has 5 nitrogen and oxygen atoms in total. The summed E-state index contributed by atoms with van der Waals surface area (Å²) in [5.74, 6) is 0. The van der Waals surface area contributed by atoms with E-state index in [2.05, 4.69) is 13.8 Å². The van der Waals surface area contributed by atoms with E-state index >= 15 is 0 Å². The minimum atomic E-state index is -3.69. The van der Waals surface area contributed by atoms with Gasteiger partial charge in [0.15, 0.2) is 0 Å². The third kappa shape index (κ3) is 35.4. The van der Waals surface area contributed by atoms with Crippen molar-refractivity contribution in [3.8, 4) is 0 Å². The van der Waals surface area contributed by atoms with Gasteiger partial charge in [-0.2, -0.15) is 19.6 Å². The molecule has 0 aromatic heterocycles. The van der Waals surface area contributed by atoms with Crippen LogP contribution in [-0.4, -0.2) is 31.9 Å². The van der Waals surface area contributed by atoms with Crippen LogP contribution >= 0.6 is 15.9 Å². The second-order valence-corrected chi connectivity index (χ2v) is 17.7. The van der Waals surface area contributed by atoms with Crippen LogP contribution in [0.15, 0.2) is 0 Å². The van der Waals surface area contributed by atoms with Crippen molar-refractivity contribution in [1.82, 2.24) is 0 Å². The molecule has 0 saturated heterocycles. The van der Waals surface area contributed by atoms with Crippen molar-refractivity contribution in [3.63, 3.8) is 0 Å². The average Bonchev–Trinajstić information content (AvgIpc) is 2.96. The Morgan fingerprint density at radius 3 is 0.628 bits per heavy atom. The Morgan fingerprint density at radius 2 is 0.442 bits per heavy atom. The van der Waals surface area contributed by atoms with Crippen molar-refractivity contribution in [2.24, 2.45) is 0 Å². The molecule has 0 saturated carbocycles. The molecule has 0 aliphatic carbocycles. The summed E-state index contributed by atoms with van der Waals surface area (Å²) in [4.78, 5) is 41.0. The third-order valence-electron chi connectivity index (χ3n) is 8.87. The Hall–Kier alpha value is 0.660. The van der Waals surface area contributed by atoms with Gasteiger partial charge in [0, 0.05) is 4.31 Å². The van der Waals surface area contributed by atoms with Crippen LogP contribution < -0.4 is 0 Å². The van der Waals surface area contributed by atoms with Crippen LogP contribution in [0.3, 0.4) is 0 Å². The van der Waals surface area contributed by atoms with Gasteiger partial charge in [0.2, 0.25) is 0 Å². The quantitative estimate of drug-likeness (QED) is 0.0399. The summed E-state index contributed by atoms with van der Waals surface area (Å²) in [7, 11) is -7.39. The lowest BCUT2D eigenvalue weighted by atomic mass is 10.0. The molecule has 43 heavy (non-hydrogen) atoms. The number of unbranched alkanes of at least 4 members (excludes halogenated alkanes) is 30. The zero-order chi connectivity index (χ0) is 31.7. The fourth-order valence-corrected chi connectivity index (χ4v) is 9.62. The molecule has 0 bridgehead atoms. The summed E-state index contributed by atoms with van der Waals surface area (Å²) in [6.07, 6.45) is 40.8. The molecule has 260 valence electrons. The molecular weight excluding hydrogens is 574 g/mol. The van der Waals surface area contributed by atoms with Crippen LogP contribution in [0.4, 0.5) is 0 Å². The van der Waals surface area contributed by atoms with Crippen molar-refractivity contribution < 1.29 is 23.9 Å². The molecule has 0 spiro atoms. The standard InChI is InChI=1S/C36H78O5P2/c1-3-5-7-9-11-13-15-17-19-21-23-25-27-29-31-33-35-42(37,38)41-43(39,40)36-34-32-30-28-26-24-22-20-18-16-14-12-10-8-6-4-2/h37-40H,3-36H2,1-2H3/q+2. The van der Waals surface area contributed by atoms with Gasteiger partial charge in [0.25, 0.3) is 0 Å². The molecule has 0 aliphatic heterocycles. The predicted molar refractivity (Wildman–Crippen MR) is 193 cm³/mol. The molecule has 7 heteroatoms. The van der Waals surface area contributed by atoms with Gasteiger partial charge in [-0.3, -0.25) is 0 Å². The van der Waals surface area contributed by atoms with E-state index in [0.29, 0.717) is 12.8 Å². The highest BCUT2D eigenvalue weighted by Crippen LogP contribution is 2.69. The Kier molecular flexibility index (Phi) is 33.1. The lowest BCUT2D eigenvalue weighted by Gasteiger charge is -2.13. The van der Waals surface area contributed by atoms with Crippen molar-refractivity contribution in [2.45, 2.75) is 219 Å². The molecular formula is C36H78O5P2+2. The zero-order valence-corrected chi connectivity index (χ0v) is 30.9. The van der Waals surface area contributed by atoms with Crippen molar-refractivity contribution >= 4 is 15.9 Å². The second-order valence-electron chi connectivity index (χ2n) is 13.5. The normalized spacial score (nSPS) is 12.4. The molecule has 0 rings (SSSR count). The minimum Gasteiger partial charge on any atom is -0.189 e. The highest BCUT2D eigenvalue weighted by Gasteiger charge is 2.53. The number of hydrogen-bond acceptors (Lipinski definition) is 5. The van der Waals surface area contributed by atoms with Crippen LogP contribution in [0, 0.1) is 0 Å². The first-order valence-corrected chi connectivity index (χ1v) is 22.8. The summed E-state index contributed by atoms with van der Waals surface area (Å²) in [6, 6.07) is 0. The van der Waals surface area contributed by atoms with Gasteiger partial charge >= 0.3 is 15.9 Å². The van der Waals surface area contributed by atoms with Gasteiger partial charge in [-0.1, -0.05) is 194 Å². The molecule has 0 aromatic rings. The predicted octanol–water partition coefficient (Wildman–Crippen LogP) is 13.0. The largest absolute Gasteiger partial charge is 0.461 e. The molecule has 0 aromatic carbocycles. The molecule has 0 atom stereocenters. The summed E-state index contributed by atoms with van der Waals surface area (Å²) in [5, 5.41) is 0. The first-order valence-electron chi connectivity index (χ1n) is 19.2. The summed E-state index contributed by atoms with van der Waals surface area (Å²) < 4.78 is 5.12. The summed E-state index contributed by atoms with van der Waals surface area (Å²) in [5.41, 5.74) is 0. The molecule has 0 heterocycles. The van der Waals surface area contributed by atoms with E-state index in [-0.39, 0.29) is 12.3 Å². The summed E-state index contributed by atoms with van der Waals surface area (Å²) >= 11 is 0. The molecule has 0 fully saturated rings. The van der Waals surface area contributed by atoms with Crippen LogP contribution in [0.5, 0.6) is 0 Å². The molecule has 0 radical (unpaired) electrons. The number of hydrogen-bond donors (Lipinski definition) is 4. The Bertz CT molecular complexity index is 502. The zero-order valence-electron chi connectivity index (χ0n) is 29.1.